The summed E-state index contributed by atoms with van der Waals surface area (Å²) >= 11 is 1.53. The highest BCUT2D eigenvalue weighted by molar-refractivity contribution is 7.89. The Morgan fingerprint density at radius 1 is 1.28 bits per heavy atom. The standard InChI is InChI=1S/C12H12N2O2S2/c1-10-4-2-3-5-12(10)18(15,16)14-13-8-11-6-7-17-9-11/h2-9,14H,1H3/b13-8+. The molecule has 2 rings (SSSR count). The fourth-order valence-corrected chi connectivity index (χ4v) is 3.08. The number of rotatable bonds is 4. The van der Waals surface area contributed by atoms with Gasteiger partial charge in [-0.1, -0.05) is 18.2 Å². The van der Waals surface area contributed by atoms with Crippen molar-refractivity contribution < 1.29 is 8.42 Å². The molecule has 0 radical (unpaired) electrons. The summed E-state index contributed by atoms with van der Waals surface area (Å²) in [5.41, 5.74) is 1.56. The molecular weight excluding hydrogens is 268 g/mol. The number of hydrogen-bond donors (Lipinski definition) is 1. The Kier molecular flexibility index (Phi) is 3.78. The van der Waals surface area contributed by atoms with Crippen molar-refractivity contribution in [1.29, 1.82) is 0 Å². The third-order valence-corrected chi connectivity index (χ3v) is 4.40. The Morgan fingerprint density at radius 2 is 2.06 bits per heavy atom. The number of benzene rings is 1. The predicted molar refractivity (Wildman–Crippen MR) is 73.4 cm³/mol. The maximum atomic E-state index is 12.0. The first-order valence-electron chi connectivity index (χ1n) is 5.22. The molecule has 0 aliphatic heterocycles. The zero-order valence-corrected chi connectivity index (χ0v) is 11.3. The molecule has 1 aromatic carbocycles. The minimum absolute atomic E-state index is 0.243. The molecule has 0 atom stereocenters. The average Bonchev–Trinajstić information content (AvgIpc) is 2.82. The van der Waals surface area contributed by atoms with Gasteiger partial charge in [-0.25, -0.2) is 4.83 Å². The lowest BCUT2D eigenvalue weighted by Crippen LogP contribution is -2.19. The van der Waals surface area contributed by atoms with E-state index in [-0.39, 0.29) is 4.90 Å². The molecule has 18 heavy (non-hydrogen) atoms. The molecule has 4 nitrogen and oxygen atoms in total. The minimum atomic E-state index is -3.59. The van der Waals surface area contributed by atoms with Gasteiger partial charge in [-0.15, -0.1) is 0 Å². The molecule has 0 amide bonds. The molecule has 0 aliphatic carbocycles. The summed E-state index contributed by atoms with van der Waals surface area (Å²) in [6.45, 7) is 1.75. The first-order valence-corrected chi connectivity index (χ1v) is 7.65. The van der Waals surface area contributed by atoms with E-state index in [0.29, 0.717) is 5.56 Å². The second-order valence-corrected chi connectivity index (χ2v) is 6.08. The summed E-state index contributed by atoms with van der Waals surface area (Å²) in [5.74, 6) is 0. The Bertz CT molecular complexity index is 646. The van der Waals surface area contributed by atoms with Gasteiger partial charge in [0.2, 0.25) is 0 Å². The van der Waals surface area contributed by atoms with Crippen molar-refractivity contribution in [3.63, 3.8) is 0 Å². The topological polar surface area (TPSA) is 58.5 Å². The number of nitrogens with zero attached hydrogens (tertiary/aromatic N) is 1. The van der Waals surface area contributed by atoms with Crippen molar-refractivity contribution >= 4 is 27.6 Å². The maximum absolute atomic E-state index is 12.0. The lowest BCUT2D eigenvalue weighted by Gasteiger charge is -2.05. The fraction of sp³-hybridized carbons (Fsp3) is 0.0833. The van der Waals surface area contributed by atoms with Gasteiger partial charge < -0.3 is 0 Å². The molecule has 0 saturated carbocycles. The molecule has 6 heteroatoms. The predicted octanol–water partition coefficient (Wildman–Crippen LogP) is 2.37. The van der Waals surface area contributed by atoms with Gasteiger partial charge in [0.25, 0.3) is 10.0 Å². The van der Waals surface area contributed by atoms with Crippen LogP contribution in [0.3, 0.4) is 0 Å². The summed E-state index contributed by atoms with van der Waals surface area (Å²) in [6.07, 6.45) is 1.48. The first-order chi connectivity index (χ1) is 8.59. The third-order valence-electron chi connectivity index (χ3n) is 2.31. The van der Waals surface area contributed by atoms with Gasteiger partial charge in [0, 0.05) is 5.56 Å². The van der Waals surface area contributed by atoms with Crippen LogP contribution in [0.1, 0.15) is 11.1 Å². The van der Waals surface area contributed by atoms with E-state index in [9.17, 15) is 8.42 Å². The van der Waals surface area contributed by atoms with E-state index in [0.717, 1.165) is 5.56 Å². The lowest BCUT2D eigenvalue weighted by atomic mass is 10.2. The Labute approximate surface area is 110 Å². The highest BCUT2D eigenvalue weighted by Crippen LogP contribution is 2.13. The van der Waals surface area contributed by atoms with E-state index in [4.69, 9.17) is 0 Å². The first kappa shape index (κ1) is 12.8. The summed E-state index contributed by atoms with van der Waals surface area (Å²) < 4.78 is 23.9. The molecule has 0 fully saturated rings. The van der Waals surface area contributed by atoms with Crippen LogP contribution in [-0.2, 0) is 10.0 Å². The van der Waals surface area contributed by atoms with Crippen molar-refractivity contribution in [2.45, 2.75) is 11.8 Å². The Morgan fingerprint density at radius 3 is 2.72 bits per heavy atom. The van der Waals surface area contributed by atoms with Gasteiger partial charge in [-0.3, -0.25) is 0 Å². The lowest BCUT2D eigenvalue weighted by molar-refractivity contribution is 0.584. The zero-order chi connectivity index (χ0) is 13.0. The molecule has 1 heterocycles. The van der Waals surface area contributed by atoms with Gasteiger partial charge in [0.15, 0.2) is 0 Å². The van der Waals surface area contributed by atoms with Crippen molar-refractivity contribution in [1.82, 2.24) is 4.83 Å². The molecule has 1 N–H and O–H groups in total. The Hall–Kier alpha value is -1.66. The van der Waals surface area contributed by atoms with Crippen LogP contribution in [0.5, 0.6) is 0 Å². The van der Waals surface area contributed by atoms with E-state index in [1.807, 2.05) is 16.8 Å². The summed E-state index contributed by atoms with van der Waals surface area (Å²) in [6, 6.07) is 8.64. The second kappa shape index (κ2) is 5.32. The molecule has 0 saturated heterocycles. The summed E-state index contributed by atoms with van der Waals surface area (Å²) in [5, 5.41) is 7.53. The number of thiophene rings is 1. The van der Waals surface area contributed by atoms with Gasteiger partial charge >= 0.3 is 0 Å². The normalized spacial score (nSPS) is 11.8. The highest BCUT2D eigenvalue weighted by atomic mass is 32.2. The van der Waals surface area contributed by atoms with Crippen LogP contribution in [0.2, 0.25) is 0 Å². The SMILES string of the molecule is Cc1ccccc1S(=O)(=O)N/N=C/c1ccsc1. The van der Waals surface area contributed by atoms with Crippen LogP contribution in [0, 0.1) is 6.92 Å². The number of hydrazone groups is 1. The zero-order valence-electron chi connectivity index (χ0n) is 9.70. The van der Waals surface area contributed by atoms with Crippen LogP contribution in [0.4, 0.5) is 0 Å². The molecular formula is C12H12N2O2S2. The molecule has 0 spiro atoms. The van der Waals surface area contributed by atoms with Crippen LogP contribution in [-0.4, -0.2) is 14.6 Å². The third kappa shape index (κ3) is 2.96. The number of nitrogens with one attached hydrogen (secondary N) is 1. The molecule has 0 unspecified atom stereocenters. The van der Waals surface area contributed by atoms with Gasteiger partial charge in [-0.05, 0) is 35.4 Å². The average molecular weight is 280 g/mol. The summed E-state index contributed by atoms with van der Waals surface area (Å²) in [7, 11) is -3.59. The van der Waals surface area contributed by atoms with Gasteiger partial charge in [-0.2, -0.15) is 24.9 Å². The number of aryl methyl sites for hydroxylation is 1. The smallest absolute Gasteiger partial charge is 0.200 e. The molecule has 0 bridgehead atoms. The maximum Gasteiger partial charge on any atom is 0.276 e. The van der Waals surface area contributed by atoms with Crippen molar-refractivity contribution in [3.05, 3.63) is 52.2 Å². The molecule has 1 aromatic heterocycles. The minimum Gasteiger partial charge on any atom is -0.200 e. The van der Waals surface area contributed by atoms with E-state index in [2.05, 4.69) is 9.93 Å². The van der Waals surface area contributed by atoms with Crippen molar-refractivity contribution in [3.8, 4) is 0 Å². The highest BCUT2D eigenvalue weighted by Gasteiger charge is 2.14. The van der Waals surface area contributed by atoms with Crippen LogP contribution < -0.4 is 4.83 Å². The van der Waals surface area contributed by atoms with Crippen molar-refractivity contribution in [2.24, 2.45) is 5.10 Å². The number of sulfonamides is 1. The van der Waals surface area contributed by atoms with Crippen LogP contribution >= 0.6 is 11.3 Å². The van der Waals surface area contributed by atoms with Gasteiger partial charge in [0.05, 0.1) is 11.1 Å². The monoisotopic (exact) mass is 280 g/mol. The van der Waals surface area contributed by atoms with Gasteiger partial charge in [0.1, 0.15) is 0 Å². The second-order valence-electron chi connectivity index (χ2n) is 3.68. The Balaban J connectivity index is 2.16. The van der Waals surface area contributed by atoms with Crippen molar-refractivity contribution in [2.75, 3.05) is 0 Å². The summed E-state index contributed by atoms with van der Waals surface area (Å²) in [4.78, 5) is 2.44. The number of hydrogen-bond acceptors (Lipinski definition) is 4. The van der Waals surface area contributed by atoms with E-state index in [1.54, 1.807) is 31.2 Å². The van der Waals surface area contributed by atoms with E-state index >= 15 is 0 Å². The molecule has 0 aliphatic rings. The fourth-order valence-electron chi connectivity index (χ4n) is 1.43. The van der Waals surface area contributed by atoms with E-state index < -0.39 is 10.0 Å². The largest absolute Gasteiger partial charge is 0.276 e. The molecule has 94 valence electrons. The van der Waals surface area contributed by atoms with Crippen LogP contribution in [0.25, 0.3) is 0 Å². The molecule has 2 aromatic rings. The van der Waals surface area contributed by atoms with E-state index in [1.165, 1.54) is 17.6 Å². The quantitative estimate of drug-likeness (QED) is 0.690. The van der Waals surface area contributed by atoms with Crippen LogP contribution in [0.15, 0.2) is 51.1 Å².